The Labute approximate surface area is 141 Å². The first kappa shape index (κ1) is 15.4. The molecule has 2 fully saturated rings. The molecule has 1 aromatic carbocycles. The number of likely N-dealkylation sites (tertiary alicyclic amines) is 1. The number of nitrogens with zero attached hydrogens (tertiary/aromatic N) is 3. The van der Waals surface area contributed by atoms with Gasteiger partial charge < -0.3 is 14.4 Å². The second-order valence-electron chi connectivity index (χ2n) is 6.26. The van der Waals surface area contributed by atoms with Gasteiger partial charge >= 0.3 is 0 Å². The van der Waals surface area contributed by atoms with Crippen molar-refractivity contribution in [3.8, 4) is 5.69 Å². The molecule has 0 bridgehead atoms. The van der Waals surface area contributed by atoms with Gasteiger partial charge in [0.2, 0.25) is 0 Å². The molecule has 1 atom stereocenters. The fourth-order valence-corrected chi connectivity index (χ4v) is 3.43. The molecule has 0 radical (unpaired) electrons. The van der Waals surface area contributed by atoms with Gasteiger partial charge in [-0.15, -0.1) is 0 Å². The average molecular weight is 327 g/mol. The van der Waals surface area contributed by atoms with Crippen molar-refractivity contribution in [2.24, 2.45) is 5.92 Å². The predicted molar refractivity (Wildman–Crippen MR) is 87.9 cm³/mol. The molecule has 4 rings (SSSR count). The second-order valence-corrected chi connectivity index (χ2v) is 6.26. The smallest absolute Gasteiger partial charge is 0.253 e. The van der Waals surface area contributed by atoms with Gasteiger partial charge in [0, 0.05) is 37.0 Å². The van der Waals surface area contributed by atoms with Crippen molar-refractivity contribution in [1.82, 2.24) is 14.7 Å². The van der Waals surface area contributed by atoms with E-state index in [1.807, 2.05) is 41.4 Å². The van der Waals surface area contributed by atoms with Crippen LogP contribution in [0.15, 0.2) is 42.7 Å². The zero-order valence-corrected chi connectivity index (χ0v) is 13.5. The van der Waals surface area contributed by atoms with Crippen molar-refractivity contribution >= 4 is 5.91 Å². The Bertz CT molecular complexity index is 678. The lowest BCUT2D eigenvalue weighted by Crippen LogP contribution is -2.43. The number of hydrogen-bond acceptors (Lipinski definition) is 4. The van der Waals surface area contributed by atoms with E-state index in [9.17, 15) is 4.79 Å². The molecule has 0 spiro atoms. The van der Waals surface area contributed by atoms with Crippen LogP contribution >= 0.6 is 0 Å². The Morgan fingerprint density at radius 2 is 1.96 bits per heavy atom. The standard InChI is InChI=1S/C18H21N3O3/c22-17(14-4-6-16(7-5-14)21-10-2-8-19-21)20-9-1-3-15(13-20)18-23-11-12-24-18/h2,4-8,10,15,18H,1,3,9,11-13H2. The summed E-state index contributed by atoms with van der Waals surface area (Å²) >= 11 is 0. The molecular formula is C18H21N3O3. The van der Waals surface area contributed by atoms with Gasteiger partial charge in [-0.05, 0) is 43.2 Å². The highest BCUT2D eigenvalue weighted by atomic mass is 16.7. The molecule has 1 amide bonds. The lowest BCUT2D eigenvalue weighted by Gasteiger charge is -2.34. The molecule has 24 heavy (non-hydrogen) atoms. The first-order valence-electron chi connectivity index (χ1n) is 8.44. The normalized spacial score (nSPS) is 22.0. The number of piperidine rings is 1. The second kappa shape index (κ2) is 6.75. The van der Waals surface area contributed by atoms with E-state index in [4.69, 9.17) is 9.47 Å². The van der Waals surface area contributed by atoms with Gasteiger partial charge in [-0.3, -0.25) is 4.79 Å². The number of hydrogen-bond donors (Lipinski definition) is 0. The zero-order valence-electron chi connectivity index (χ0n) is 13.5. The van der Waals surface area contributed by atoms with Crippen LogP contribution in [0.25, 0.3) is 5.69 Å². The van der Waals surface area contributed by atoms with Gasteiger partial charge in [0.15, 0.2) is 6.29 Å². The van der Waals surface area contributed by atoms with Gasteiger partial charge in [-0.25, -0.2) is 4.68 Å². The number of carbonyl (C=O) groups excluding carboxylic acids is 1. The first-order chi connectivity index (χ1) is 11.8. The third-order valence-electron chi connectivity index (χ3n) is 4.66. The largest absolute Gasteiger partial charge is 0.350 e. The monoisotopic (exact) mass is 327 g/mol. The molecule has 2 aliphatic rings. The minimum absolute atomic E-state index is 0.0738. The van der Waals surface area contributed by atoms with E-state index in [-0.39, 0.29) is 18.1 Å². The summed E-state index contributed by atoms with van der Waals surface area (Å²) < 4.78 is 13.0. The summed E-state index contributed by atoms with van der Waals surface area (Å²) in [6.07, 6.45) is 5.51. The molecule has 3 heterocycles. The van der Waals surface area contributed by atoms with Crippen LogP contribution in [0, 0.1) is 5.92 Å². The van der Waals surface area contributed by atoms with Gasteiger partial charge in [-0.1, -0.05) is 0 Å². The summed E-state index contributed by atoms with van der Waals surface area (Å²) in [6.45, 7) is 2.81. The van der Waals surface area contributed by atoms with Gasteiger partial charge in [0.1, 0.15) is 0 Å². The molecule has 1 aromatic heterocycles. The fraction of sp³-hybridized carbons (Fsp3) is 0.444. The van der Waals surface area contributed by atoms with E-state index < -0.39 is 0 Å². The minimum Gasteiger partial charge on any atom is -0.350 e. The van der Waals surface area contributed by atoms with Crippen LogP contribution in [-0.2, 0) is 9.47 Å². The predicted octanol–water partition coefficient (Wildman–Crippen LogP) is 2.10. The summed E-state index contributed by atoms with van der Waals surface area (Å²) in [5, 5.41) is 4.20. The zero-order chi connectivity index (χ0) is 16.4. The topological polar surface area (TPSA) is 56.6 Å². The number of carbonyl (C=O) groups is 1. The van der Waals surface area contributed by atoms with E-state index in [0.29, 0.717) is 25.3 Å². The van der Waals surface area contributed by atoms with Crippen LogP contribution in [0.2, 0.25) is 0 Å². The first-order valence-corrected chi connectivity index (χ1v) is 8.44. The van der Waals surface area contributed by atoms with E-state index in [1.54, 1.807) is 10.9 Å². The third-order valence-corrected chi connectivity index (χ3v) is 4.66. The lowest BCUT2D eigenvalue weighted by molar-refractivity contribution is -0.0969. The highest BCUT2D eigenvalue weighted by Gasteiger charge is 2.33. The van der Waals surface area contributed by atoms with Crippen molar-refractivity contribution in [3.63, 3.8) is 0 Å². The molecule has 0 aliphatic carbocycles. The molecule has 2 saturated heterocycles. The van der Waals surface area contributed by atoms with Crippen LogP contribution in [0.3, 0.4) is 0 Å². The highest BCUT2D eigenvalue weighted by molar-refractivity contribution is 5.94. The van der Waals surface area contributed by atoms with Crippen LogP contribution in [-0.4, -0.2) is 53.2 Å². The summed E-state index contributed by atoms with van der Waals surface area (Å²) in [4.78, 5) is 14.7. The summed E-state index contributed by atoms with van der Waals surface area (Å²) in [7, 11) is 0. The average Bonchev–Trinajstić information content (AvgIpc) is 3.35. The summed E-state index contributed by atoms with van der Waals surface area (Å²) in [6, 6.07) is 9.45. The Kier molecular flexibility index (Phi) is 4.32. The maximum Gasteiger partial charge on any atom is 0.253 e. The van der Waals surface area contributed by atoms with Crippen LogP contribution < -0.4 is 0 Å². The van der Waals surface area contributed by atoms with Crippen molar-refractivity contribution in [3.05, 3.63) is 48.3 Å². The van der Waals surface area contributed by atoms with E-state index in [0.717, 1.165) is 25.1 Å². The molecule has 6 nitrogen and oxygen atoms in total. The SMILES string of the molecule is O=C(c1ccc(-n2cccn2)cc1)N1CCCC(C2OCCO2)C1. The number of amides is 1. The summed E-state index contributed by atoms with van der Waals surface area (Å²) in [5.41, 5.74) is 1.65. The van der Waals surface area contributed by atoms with Crippen molar-refractivity contribution < 1.29 is 14.3 Å². The molecule has 0 N–H and O–H groups in total. The maximum atomic E-state index is 12.8. The van der Waals surface area contributed by atoms with Crippen LogP contribution in [0.4, 0.5) is 0 Å². The molecule has 126 valence electrons. The summed E-state index contributed by atoms with van der Waals surface area (Å²) in [5.74, 6) is 0.346. The van der Waals surface area contributed by atoms with E-state index in [1.165, 1.54) is 0 Å². The fourth-order valence-electron chi connectivity index (χ4n) is 3.43. The molecule has 2 aromatic rings. The molecule has 6 heteroatoms. The maximum absolute atomic E-state index is 12.8. The van der Waals surface area contributed by atoms with Crippen molar-refractivity contribution in [1.29, 1.82) is 0 Å². The number of ether oxygens (including phenoxy) is 2. The van der Waals surface area contributed by atoms with Gasteiger partial charge in [-0.2, -0.15) is 5.10 Å². The quantitative estimate of drug-likeness (QED) is 0.866. The Balaban J connectivity index is 1.44. The number of benzene rings is 1. The molecular weight excluding hydrogens is 306 g/mol. The third kappa shape index (κ3) is 3.07. The van der Waals surface area contributed by atoms with Crippen LogP contribution in [0.5, 0.6) is 0 Å². The highest BCUT2D eigenvalue weighted by Crippen LogP contribution is 2.26. The Morgan fingerprint density at radius 3 is 2.67 bits per heavy atom. The molecule has 1 unspecified atom stereocenters. The van der Waals surface area contributed by atoms with Crippen molar-refractivity contribution in [2.75, 3.05) is 26.3 Å². The van der Waals surface area contributed by atoms with Gasteiger partial charge in [0.05, 0.1) is 18.9 Å². The minimum atomic E-state index is -0.150. The number of rotatable bonds is 3. The molecule has 0 saturated carbocycles. The molecule has 2 aliphatic heterocycles. The van der Waals surface area contributed by atoms with Gasteiger partial charge in [0.25, 0.3) is 5.91 Å². The Morgan fingerprint density at radius 1 is 1.17 bits per heavy atom. The van der Waals surface area contributed by atoms with E-state index in [2.05, 4.69) is 5.10 Å². The van der Waals surface area contributed by atoms with Crippen LogP contribution in [0.1, 0.15) is 23.2 Å². The lowest BCUT2D eigenvalue weighted by atomic mass is 9.96. The Hall–Kier alpha value is -2.18. The van der Waals surface area contributed by atoms with E-state index >= 15 is 0 Å². The van der Waals surface area contributed by atoms with Crippen molar-refractivity contribution in [2.45, 2.75) is 19.1 Å². The number of aromatic nitrogens is 2.